The number of alkyl halides is 3. The summed E-state index contributed by atoms with van der Waals surface area (Å²) < 4.78 is 65.2. The van der Waals surface area contributed by atoms with Crippen molar-refractivity contribution < 1.29 is 21.6 Å². The summed E-state index contributed by atoms with van der Waals surface area (Å²) in [7, 11) is -4.01. The van der Waals surface area contributed by atoms with Crippen LogP contribution in [0.15, 0.2) is 23.1 Å². The highest BCUT2D eigenvalue weighted by Crippen LogP contribution is 2.36. The lowest BCUT2D eigenvalue weighted by atomic mass is 9.93. The molecular weight excluding hydrogens is 388 g/mol. The van der Waals surface area contributed by atoms with E-state index in [1.165, 1.54) is 4.31 Å². The van der Waals surface area contributed by atoms with Gasteiger partial charge >= 0.3 is 6.18 Å². The second-order valence-electron chi connectivity index (χ2n) is 5.76. The smallest absolute Gasteiger partial charge is 0.328 e. The number of rotatable bonds is 3. The monoisotopic (exact) mass is 406 g/mol. The van der Waals surface area contributed by atoms with Crippen molar-refractivity contribution in [1.82, 2.24) is 4.31 Å². The van der Waals surface area contributed by atoms with Gasteiger partial charge in [-0.1, -0.05) is 11.6 Å². The number of nitrogens with two attached hydrogens (primary N) is 1. The van der Waals surface area contributed by atoms with Gasteiger partial charge in [-0.15, -0.1) is 12.4 Å². The van der Waals surface area contributed by atoms with Crippen LogP contribution in [0.2, 0.25) is 5.02 Å². The predicted molar refractivity (Wildman–Crippen MR) is 88.8 cm³/mol. The van der Waals surface area contributed by atoms with E-state index in [0.717, 1.165) is 18.6 Å². The molecule has 2 unspecified atom stereocenters. The van der Waals surface area contributed by atoms with Gasteiger partial charge in [0, 0.05) is 19.1 Å². The Morgan fingerprint density at radius 3 is 2.54 bits per heavy atom. The van der Waals surface area contributed by atoms with Crippen LogP contribution >= 0.6 is 24.0 Å². The first-order valence-electron chi connectivity index (χ1n) is 7.16. The average molecular weight is 407 g/mol. The Morgan fingerprint density at radius 1 is 1.38 bits per heavy atom. The Balaban J connectivity index is 0.00000288. The van der Waals surface area contributed by atoms with Crippen LogP contribution in [0.4, 0.5) is 13.2 Å². The van der Waals surface area contributed by atoms with Gasteiger partial charge in [0.1, 0.15) is 0 Å². The molecule has 4 nitrogen and oxygen atoms in total. The molecule has 1 heterocycles. The first kappa shape index (κ1) is 21.5. The molecule has 1 aliphatic rings. The molecule has 1 saturated heterocycles. The summed E-state index contributed by atoms with van der Waals surface area (Å²) in [6.45, 7) is 2.28. The summed E-state index contributed by atoms with van der Waals surface area (Å²) in [5, 5.41) is -0.524. The summed E-state index contributed by atoms with van der Waals surface area (Å²) in [5.74, 6) is -0.00656. The molecule has 0 radical (unpaired) electrons. The lowest BCUT2D eigenvalue weighted by Crippen LogP contribution is -2.44. The van der Waals surface area contributed by atoms with Gasteiger partial charge in [-0.2, -0.15) is 17.5 Å². The summed E-state index contributed by atoms with van der Waals surface area (Å²) in [5.41, 5.74) is 4.67. The summed E-state index contributed by atoms with van der Waals surface area (Å²) >= 11 is 5.54. The lowest BCUT2D eigenvalue weighted by Gasteiger charge is -2.33. The zero-order valence-corrected chi connectivity index (χ0v) is 15.3. The Labute approximate surface area is 150 Å². The largest absolute Gasteiger partial charge is 0.417 e. The van der Waals surface area contributed by atoms with E-state index in [-0.39, 0.29) is 37.5 Å². The molecular formula is C14H19Cl2F3N2O2S. The molecule has 1 aromatic rings. The van der Waals surface area contributed by atoms with E-state index in [1.807, 2.05) is 0 Å². The SMILES string of the molecule is CC(N)C1CCCN(S(=O)(=O)c2ccc(Cl)c(C(F)(F)F)c2)C1.Cl. The number of halogens is 5. The lowest BCUT2D eigenvalue weighted by molar-refractivity contribution is -0.137. The van der Waals surface area contributed by atoms with Crippen LogP contribution in [0.3, 0.4) is 0 Å². The van der Waals surface area contributed by atoms with Crippen molar-refractivity contribution in [2.45, 2.75) is 36.9 Å². The molecule has 10 heteroatoms. The molecule has 24 heavy (non-hydrogen) atoms. The Morgan fingerprint density at radius 2 is 2.00 bits per heavy atom. The number of sulfonamides is 1. The summed E-state index contributed by atoms with van der Waals surface area (Å²) in [6, 6.07) is 2.48. The van der Waals surface area contributed by atoms with Gasteiger partial charge in [-0.05, 0) is 43.9 Å². The number of piperidine rings is 1. The zero-order valence-electron chi connectivity index (χ0n) is 12.9. The fourth-order valence-electron chi connectivity index (χ4n) is 2.65. The quantitative estimate of drug-likeness (QED) is 0.834. The van der Waals surface area contributed by atoms with Crippen molar-refractivity contribution in [2.75, 3.05) is 13.1 Å². The zero-order chi connectivity index (χ0) is 17.4. The molecule has 1 aliphatic heterocycles. The second-order valence-corrected chi connectivity index (χ2v) is 8.11. The van der Waals surface area contributed by atoms with Gasteiger partial charge in [0.05, 0.1) is 15.5 Å². The number of benzene rings is 1. The van der Waals surface area contributed by atoms with Crippen LogP contribution in [0.1, 0.15) is 25.3 Å². The molecule has 0 spiro atoms. The standard InChI is InChI=1S/C14H18ClF3N2O2S.ClH/c1-9(19)10-3-2-6-20(8-10)23(21,22)11-4-5-13(15)12(7-11)14(16,17)18;/h4-5,7,9-10H,2-3,6,8,19H2,1H3;1H. The van der Waals surface area contributed by atoms with E-state index >= 15 is 0 Å². The van der Waals surface area contributed by atoms with E-state index in [4.69, 9.17) is 17.3 Å². The number of hydrogen-bond acceptors (Lipinski definition) is 3. The molecule has 1 aromatic carbocycles. The average Bonchev–Trinajstić information content (AvgIpc) is 2.46. The van der Waals surface area contributed by atoms with Crippen LogP contribution in [0.5, 0.6) is 0 Å². The van der Waals surface area contributed by atoms with Gasteiger partial charge in [0.15, 0.2) is 0 Å². The highest BCUT2D eigenvalue weighted by atomic mass is 35.5. The second kappa shape index (κ2) is 7.78. The highest BCUT2D eigenvalue weighted by Gasteiger charge is 2.36. The van der Waals surface area contributed by atoms with Crippen LogP contribution < -0.4 is 5.73 Å². The fraction of sp³-hybridized carbons (Fsp3) is 0.571. The van der Waals surface area contributed by atoms with Crippen LogP contribution in [0, 0.1) is 5.92 Å². The molecule has 138 valence electrons. The van der Waals surface area contributed by atoms with Gasteiger partial charge in [0.25, 0.3) is 0 Å². The Hall–Kier alpha value is -0.540. The summed E-state index contributed by atoms with van der Waals surface area (Å²) in [6.07, 6.45) is -3.28. The van der Waals surface area contributed by atoms with Crippen LogP contribution in [-0.4, -0.2) is 31.9 Å². The van der Waals surface area contributed by atoms with E-state index in [9.17, 15) is 21.6 Å². The maximum atomic E-state index is 12.9. The molecule has 0 saturated carbocycles. The van der Waals surface area contributed by atoms with Crippen molar-refractivity contribution in [3.63, 3.8) is 0 Å². The third kappa shape index (κ3) is 4.54. The minimum absolute atomic E-state index is 0. The molecule has 0 bridgehead atoms. The molecule has 1 fully saturated rings. The first-order chi connectivity index (χ1) is 10.5. The first-order valence-corrected chi connectivity index (χ1v) is 8.97. The molecule has 2 rings (SSSR count). The van der Waals surface area contributed by atoms with Crippen LogP contribution in [0.25, 0.3) is 0 Å². The van der Waals surface area contributed by atoms with Crippen molar-refractivity contribution in [3.05, 3.63) is 28.8 Å². The molecule has 2 N–H and O–H groups in total. The maximum Gasteiger partial charge on any atom is 0.417 e. The molecule has 0 aliphatic carbocycles. The normalized spacial score (nSPS) is 21.2. The van der Waals surface area contributed by atoms with Crippen molar-refractivity contribution in [3.8, 4) is 0 Å². The number of hydrogen-bond donors (Lipinski definition) is 1. The maximum absolute atomic E-state index is 12.9. The van der Waals surface area contributed by atoms with Crippen molar-refractivity contribution in [2.24, 2.45) is 11.7 Å². The summed E-state index contributed by atoms with van der Waals surface area (Å²) in [4.78, 5) is -0.403. The van der Waals surface area contributed by atoms with Gasteiger partial charge in [-0.3, -0.25) is 0 Å². The van der Waals surface area contributed by atoms with Gasteiger partial charge in [-0.25, -0.2) is 8.42 Å². The topological polar surface area (TPSA) is 63.4 Å². The van der Waals surface area contributed by atoms with Crippen LogP contribution in [-0.2, 0) is 16.2 Å². The van der Waals surface area contributed by atoms with E-state index in [2.05, 4.69) is 0 Å². The Bertz CT molecular complexity index is 681. The third-order valence-corrected chi connectivity index (χ3v) is 6.24. The minimum Gasteiger partial charge on any atom is -0.328 e. The van der Waals surface area contributed by atoms with E-state index < -0.39 is 31.7 Å². The van der Waals surface area contributed by atoms with E-state index in [0.29, 0.717) is 12.5 Å². The van der Waals surface area contributed by atoms with E-state index in [1.54, 1.807) is 6.92 Å². The number of nitrogens with zero attached hydrogens (tertiary/aromatic N) is 1. The van der Waals surface area contributed by atoms with Gasteiger partial charge in [0.2, 0.25) is 10.0 Å². The van der Waals surface area contributed by atoms with Crippen molar-refractivity contribution >= 4 is 34.0 Å². The van der Waals surface area contributed by atoms with Crippen molar-refractivity contribution in [1.29, 1.82) is 0 Å². The molecule has 2 atom stereocenters. The fourth-order valence-corrected chi connectivity index (χ4v) is 4.44. The van der Waals surface area contributed by atoms with Gasteiger partial charge < -0.3 is 5.73 Å². The minimum atomic E-state index is -4.71. The predicted octanol–water partition coefficient (Wildman–Crippen LogP) is 3.53. The Kier molecular flexibility index (Phi) is 6.97. The molecule has 0 amide bonds. The third-order valence-electron chi connectivity index (χ3n) is 4.05. The molecule has 0 aromatic heterocycles. The highest BCUT2D eigenvalue weighted by molar-refractivity contribution is 7.89.